The fourth-order valence-electron chi connectivity index (χ4n) is 1.86. The molecule has 0 bridgehead atoms. The summed E-state index contributed by atoms with van der Waals surface area (Å²) in [5, 5.41) is 9.73. The lowest BCUT2D eigenvalue weighted by Gasteiger charge is -2.36. The number of rotatable bonds is 5. The average molecular weight is 248 g/mol. The molecule has 0 radical (unpaired) electrons. The molecule has 0 aromatic carbocycles. The summed E-state index contributed by atoms with van der Waals surface area (Å²) >= 11 is 0. The second-order valence-electron chi connectivity index (χ2n) is 5.44. The van der Waals surface area contributed by atoms with Crippen LogP contribution in [0.2, 0.25) is 0 Å². The summed E-state index contributed by atoms with van der Waals surface area (Å²) in [6.45, 7) is 13.0. The van der Waals surface area contributed by atoms with Crippen molar-refractivity contribution in [2.24, 2.45) is 0 Å². The standard InChI is InChI=1S/C15H24N2O/c1-6-10-17(15(3,4)5)12-8-9-13(16-11-12)14(18)7-2/h6,8-9,11,14,18H,1,7,10H2,2-5H3/t14-/m0/s1. The zero-order valence-corrected chi connectivity index (χ0v) is 11.8. The van der Waals surface area contributed by atoms with Crippen LogP contribution in [0.4, 0.5) is 5.69 Å². The minimum Gasteiger partial charge on any atom is -0.387 e. The molecule has 1 aromatic rings. The third kappa shape index (κ3) is 3.57. The predicted molar refractivity (Wildman–Crippen MR) is 76.8 cm³/mol. The lowest BCUT2D eigenvalue weighted by Crippen LogP contribution is -2.41. The summed E-state index contributed by atoms with van der Waals surface area (Å²) in [7, 11) is 0. The van der Waals surface area contributed by atoms with Gasteiger partial charge in [0.1, 0.15) is 0 Å². The molecule has 0 saturated carbocycles. The van der Waals surface area contributed by atoms with Gasteiger partial charge in [-0.15, -0.1) is 6.58 Å². The molecule has 0 unspecified atom stereocenters. The van der Waals surface area contributed by atoms with Gasteiger partial charge in [-0.25, -0.2) is 0 Å². The molecular weight excluding hydrogens is 224 g/mol. The van der Waals surface area contributed by atoms with Gasteiger partial charge in [0.05, 0.1) is 23.7 Å². The second-order valence-corrected chi connectivity index (χ2v) is 5.44. The Kier molecular flexibility index (Phi) is 4.91. The number of hydrogen-bond donors (Lipinski definition) is 1. The lowest BCUT2D eigenvalue weighted by atomic mass is 10.0. The van der Waals surface area contributed by atoms with E-state index in [0.29, 0.717) is 6.42 Å². The van der Waals surface area contributed by atoms with Crippen LogP contribution in [0.25, 0.3) is 0 Å². The number of nitrogens with zero attached hydrogens (tertiary/aromatic N) is 2. The van der Waals surface area contributed by atoms with Gasteiger partial charge in [0.2, 0.25) is 0 Å². The van der Waals surface area contributed by atoms with Crippen LogP contribution < -0.4 is 4.90 Å². The topological polar surface area (TPSA) is 36.4 Å². The van der Waals surface area contributed by atoms with Crippen molar-refractivity contribution in [3.63, 3.8) is 0 Å². The van der Waals surface area contributed by atoms with Crippen LogP contribution in [-0.2, 0) is 0 Å². The molecule has 1 heterocycles. The fourth-order valence-corrected chi connectivity index (χ4v) is 1.86. The van der Waals surface area contributed by atoms with E-state index in [4.69, 9.17) is 0 Å². The molecule has 1 atom stereocenters. The Morgan fingerprint density at radius 1 is 1.44 bits per heavy atom. The zero-order valence-electron chi connectivity index (χ0n) is 11.8. The minimum absolute atomic E-state index is 0.0146. The highest BCUT2D eigenvalue weighted by atomic mass is 16.3. The molecule has 0 aliphatic rings. The zero-order chi connectivity index (χ0) is 13.8. The highest BCUT2D eigenvalue weighted by Gasteiger charge is 2.20. The van der Waals surface area contributed by atoms with Crippen molar-refractivity contribution in [1.29, 1.82) is 0 Å². The van der Waals surface area contributed by atoms with E-state index in [0.717, 1.165) is 17.9 Å². The first kappa shape index (κ1) is 14.7. The molecule has 3 nitrogen and oxygen atoms in total. The number of pyridine rings is 1. The Morgan fingerprint density at radius 3 is 2.50 bits per heavy atom. The number of aliphatic hydroxyl groups is 1. The van der Waals surface area contributed by atoms with Crippen molar-refractivity contribution < 1.29 is 5.11 Å². The van der Waals surface area contributed by atoms with Crippen LogP contribution in [-0.4, -0.2) is 22.2 Å². The Morgan fingerprint density at radius 2 is 2.11 bits per heavy atom. The predicted octanol–water partition coefficient (Wildman–Crippen LogP) is 3.32. The molecule has 1 rings (SSSR count). The maximum absolute atomic E-state index is 9.73. The molecule has 1 N–H and O–H groups in total. The van der Waals surface area contributed by atoms with Crippen molar-refractivity contribution in [3.05, 3.63) is 36.7 Å². The largest absolute Gasteiger partial charge is 0.387 e. The van der Waals surface area contributed by atoms with E-state index in [9.17, 15) is 5.11 Å². The Labute approximate surface area is 110 Å². The Hall–Kier alpha value is -1.35. The van der Waals surface area contributed by atoms with Crippen LogP contribution in [0.15, 0.2) is 31.0 Å². The molecule has 0 aliphatic heterocycles. The van der Waals surface area contributed by atoms with Gasteiger partial charge in [-0.05, 0) is 39.3 Å². The van der Waals surface area contributed by atoms with Gasteiger partial charge in [-0.1, -0.05) is 13.0 Å². The molecule has 1 aromatic heterocycles. The van der Waals surface area contributed by atoms with Crippen LogP contribution in [0.1, 0.15) is 45.9 Å². The highest BCUT2D eigenvalue weighted by molar-refractivity contribution is 5.47. The number of hydrogen-bond acceptors (Lipinski definition) is 3. The summed E-state index contributed by atoms with van der Waals surface area (Å²) in [5.74, 6) is 0. The van der Waals surface area contributed by atoms with Crippen LogP contribution in [0, 0.1) is 0 Å². The molecule has 3 heteroatoms. The second kappa shape index (κ2) is 6.01. The van der Waals surface area contributed by atoms with Crippen molar-refractivity contribution in [3.8, 4) is 0 Å². The first-order valence-electron chi connectivity index (χ1n) is 6.42. The van der Waals surface area contributed by atoms with Gasteiger partial charge in [-0.2, -0.15) is 0 Å². The van der Waals surface area contributed by atoms with Crippen molar-refractivity contribution in [1.82, 2.24) is 4.98 Å². The molecular formula is C15H24N2O. The van der Waals surface area contributed by atoms with Gasteiger partial charge in [0, 0.05) is 12.1 Å². The van der Waals surface area contributed by atoms with Gasteiger partial charge in [0.15, 0.2) is 0 Å². The smallest absolute Gasteiger partial charge is 0.0957 e. The van der Waals surface area contributed by atoms with E-state index >= 15 is 0 Å². The van der Waals surface area contributed by atoms with E-state index < -0.39 is 6.10 Å². The van der Waals surface area contributed by atoms with Gasteiger partial charge in [0.25, 0.3) is 0 Å². The third-order valence-corrected chi connectivity index (χ3v) is 2.93. The van der Waals surface area contributed by atoms with Gasteiger partial charge >= 0.3 is 0 Å². The summed E-state index contributed by atoms with van der Waals surface area (Å²) in [5.41, 5.74) is 1.80. The molecule has 0 spiro atoms. The van der Waals surface area contributed by atoms with E-state index in [2.05, 4.69) is 37.2 Å². The summed E-state index contributed by atoms with van der Waals surface area (Å²) in [4.78, 5) is 6.57. The normalized spacial score (nSPS) is 13.2. The maximum Gasteiger partial charge on any atom is 0.0957 e. The molecule has 0 fully saturated rings. The van der Waals surface area contributed by atoms with Gasteiger partial charge in [-0.3, -0.25) is 4.98 Å². The quantitative estimate of drug-likeness (QED) is 0.812. The Balaban J connectivity index is 2.97. The molecule has 0 aliphatic carbocycles. The summed E-state index contributed by atoms with van der Waals surface area (Å²) < 4.78 is 0. The SMILES string of the molecule is C=CCN(c1ccc([C@@H](O)CC)nc1)C(C)(C)C. The molecule has 0 amide bonds. The lowest BCUT2D eigenvalue weighted by molar-refractivity contribution is 0.169. The highest BCUT2D eigenvalue weighted by Crippen LogP contribution is 2.24. The number of aromatic nitrogens is 1. The van der Waals surface area contributed by atoms with Gasteiger partial charge < -0.3 is 10.0 Å². The minimum atomic E-state index is -0.471. The van der Waals surface area contributed by atoms with E-state index in [1.54, 1.807) is 0 Å². The van der Waals surface area contributed by atoms with Crippen LogP contribution in [0.3, 0.4) is 0 Å². The summed E-state index contributed by atoms with van der Waals surface area (Å²) in [6, 6.07) is 3.90. The molecule has 100 valence electrons. The molecule has 0 saturated heterocycles. The monoisotopic (exact) mass is 248 g/mol. The van der Waals surface area contributed by atoms with E-state index in [1.165, 1.54) is 0 Å². The van der Waals surface area contributed by atoms with Crippen LogP contribution in [0.5, 0.6) is 0 Å². The number of anilines is 1. The first-order chi connectivity index (χ1) is 8.40. The number of aliphatic hydroxyl groups excluding tert-OH is 1. The summed E-state index contributed by atoms with van der Waals surface area (Å²) in [6.07, 6.45) is 3.92. The fraction of sp³-hybridized carbons (Fsp3) is 0.533. The maximum atomic E-state index is 9.73. The first-order valence-corrected chi connectivity index (χ1v) is 6.42. The van der Waals surface area contributed by atoms with Crippen molar-refractivity contribution in [2.45, 2.75) is 45.8 Å². The average Bonchev–Trinajstić information content (AvgIpc) is 2.34. The molecule has 18 heavy (non-hydrogen) atoms. The van der Waals surface area contributed by atoms with E-state index in [-0.39, 0.29) is 5.54 Å². The van der Waals surface area contributed by atoms with Crippen molar-refractivity contribution in [2.75, 3.05) is 11.4 Å². The van der Waals surface area contributed by atoms with Crippen LogP contribution >= 0.6 is 0 Å². The third-order valence-electron chi connectivity index (χ3n) is 2.93. The van der Waals surface area contributed by atoms with E-state index in [1.807, 2.05) is 31.3 Å². The Bertz CT molecular complexity index is 378. The van der Waals surface area contributed by atoms with Crippen molar-refractivity contribution >= 4 is 5.69 Å².